The van der Waals surface area contributed by atoms with Crippen molar-refractivity contribution in [2.45, 2.75) is 25.4 Å². The number of hydrogen-bond donors (Lipinski definition) is 3. The van der Waals surface area contributed by atoms with Crippen LogP contribution >= 0.6 is 0 Å². The third-order valence-electron chi connectivity index (χ3n) is 3.28. The van der Waals surface area contributed by atoms with Crippen molar-refractivity contribution in [2.24, 2.45) is 5.92 Å². The third-order valence-corrected chi connectivity index (χ3v) is 3.28. The second kappa shape index (κ2) is 5.24. The van der Waals surface area contributed by atoms with Crippen LogP contribution < -0.4 is 11.2 Å². The van der Waals surface area contributed by atoms with Gasteiger partial charge in [-0.15, -0.1) is 0 Å². The fourth-order valence-corrected chi connectivity index (χ4v) is 2.17. The van der Waals surface area contributed by atoms with E-state index in [1.807, 2.05) is 0 Å². The molecule has 0 aromatic carbocycles. The van der Waals surface area contributed by atoms with Gasteiger partial charge in [-0.25, -0.2) is 4.79 Å². The Labute approximate surface area is 107 Å². The Morgan fingerprint density at radius 2 is 2.21 bits per heavy atom. The number of aromatic amines is 1. The first kappa shape index (κ1) is 13.9. The lowest BCUT2D eigenvalue weighted by atomic mass is 10.0. The van der Waals surface area contributed by atoms with E-state index in [1.54, 1.807) is 0 Å². The Morgan fingerprint density at radius 3 is 2.79 bits per heavy atom. The first-order valence-corrected chi connectivity index (χ1v) is 5.82. The summed E-state index contributed by atoms with van der Waals surface area (Å²) in [6, 6.07) is 0. The number of nitrogens with one attached hydrogen (secondary N) is 1. The molecule has 0 spiro atoms. The molecular weight excluding hydrogens is 259 g/mol. The number of aromatic nitrogens is 2. The van der Waals surface area contributed by atoms with Crippen LogP contribution in [-0.4, -0.2) is 45.3 Å². The number of ether oxygens (including phenoxy) is 1. The maximum absolute atomic E-state index is 13.0. The van der Waals surface area contributed by atoms with E-state index in [-0.39, 0.29) is 5.56 Å². The molecule has 1 aromatic rings. The fraction of sp³-hybridized carbons (Fsp3) is 0.636. The molecule has 2 heterocycles. The van der Waals surface area contributed by atoms with Crippen molar-refractivity contribution >= 4 is 0 Å². The number of nitrogens with zero attached hydrogens (tertiary/aromatic N) is 1. The Bertz CT molecular complexity index is 569. The summed E-state index contributed by atoms with van der Waals surface area (Å²) in [7, 11) is 0. The largest absolute Gasteiger partial charge is 0.394 e. The van der Waals surface area contributed by atoms with Gasteiger partial charge in [-0.3, -0.25) is 18.7 Å². The van der Waals surface area contributed by atoms with Crippen LogP contribution in [0.1, 0.15) is 11.8 Å². The van der Waals surface area contributed by atoms with Gasteiger partial charge in [0.25, 0.3) is 5.56 Å². The van der Waals surface area contributed by atoms with Crippen molar-refractivity contribution in [1.82, 2.24) is 9.55 Å². The Hall–Kier alpha value is -1.51. The number of H-pyrrole nitrogens is 1. The molecule has 0 radical (unpaired) electrons. The summed E-state index contributed by atoms with van der Waals surface area (Å²) in [5, 5.41) is 18.8. The maximum Gasteiger partial charge on any atom is 0.330 e. The Morgan fingerprint density at radius 1 is 1.53 bits per heavy atom. The molecule has 4 atom stereocenters. The van der Waals surface area contributed by atoms with E-state index < -0.39 is 48.9 Å². The van der Waals surface area contributed by atoms with Crippen molar-refractivity contribution in [3.8, 4) is 0 Å². The first-order valence-electron chi connectivity index (χ1n) is 5.82. The number of rotatable bonds is 3. The Balaban J connectivity index is 2.44. The fourth-order valence-electron chi connectivity index (χ4n) is 2.17. The molecule has 19 heavy (non-hydrogen) atoms. The van der Waals surface area contributed by atoms with Crippen LogP contribution in [0.5, 0.6) is 0 Å². The minimum Gasteiger partial charge on any atom is -0.394 e. The van der Waals surface area contributed by atoms with Crippen LogP contribution in [0.15, 0.2) is 15.8 Å². The van der Waals surface area contributed by atoms with E-state index in [2.05, 4.69) is 4.98 Å². The minimum atomic E-state index is -1.21. The van der Waals surface area contributed by atoms with Gasteiger partial charge in [0, 0.05) is 11.8 Å². The summed E-state index contributed by atoms with van der Waals surface area (Å²) in [4.78, 5) is 25.1. The van der Waals surface area contributed by atoms with Crippen LogP contribution in [-0.2, 0) is 4.74 Å². The lowest BCUT2D eigenvalue weighted by molar-refractivity contribution is -0.0487. The molecule has 8 heteroatoms. The summed E-state index contributed by atoms with van der Waals surface area (Å²) >= 11 is 0. The van der Waals surface area contributed by atoms with Gasteiger partial charge in [0.15, 0.2) is 0 Å². The molecule has 7 nitrogen and oxygen atoms in total. The molecule has 0 amide bonds. The van der Waals surface area contributed by atoms with Gasteiger partial charge in [-0.1, -0.05) is 0 Å². The van der Waals surface area contributed by atoms with Gasteiger partial charge >= 0.3 is 5.69 Å². The molecule has 1 fully saturated rings. The molecule has 2 rings (SSSR count). The highest BCUT2D eigenvalue weighted by molar-refractivity contribution is 5.03. The van der Waals surface area contributed by atoms with Gasteiger partial charge in [0.05, 0.1) is 25.3 Å². The zero-order valence-corrected chi connectivity index (χ0v) is 10.2. The van der Waals surface area contributed by atoms with Crippen LogP contribution in [0.3, 0.4) is 0 Å². The molecule has 106 valence electrons. The molecule has 1 aliphatic heterocycles. The number of halogens is 1. The summed E-state index contributed by atoms with van der Waals surface area (Å²) in [6.45, 7) is 0.104. The molecule has 0 saturated carbocycles. The number of aryl methyl sites for hydroxylation is 1. The van der Waals surface area contributed by atoms with Crippen LogP contribution in [0.25, 0.3) is 0 Å². The first-order chi connectivity index (χ1) is 8.99. The number of alkyl halides is 1. The molecule has 0 aliphatic carbocycles. The van der Waals surface area contributed by atoms with Crippen molar-refractivity contribution in [3.05, 3.63) is 32.6 Å². The average molecular weight is 274 g/mol. The van der Waals surface area contributed by atoms with E-state index in [9.17, 15) is 19.1 Å². The lowest BCUT2D eigenvalue weighted by Gasteiger charge is -2.19. The summed E-state index contributed by atoms with van der Waals surface area (Å²) in [6.07, 6.45) is -1.97. The van der Waals surface area contributed by atoms with E-state index >= 15 is 0 Å². The summed E-state index contributed by atoms with van der Waals surface area (Å²) in [5.74, 6) is -0.972. The molecular formula is C11H15FN2O5. The molecule has 3 N–H and O–H groups in total. The van der Waals surface area contributed by atoms with E-state index in [0.29, 0.717) is 0 Å². The standard InChI is InChI=1S/C11H15FN2O5/c1-5-3-14(11(18)13-9(5)17)10-6(2-12)8(16)7(4-15)19-10/h3,6-8,10,15-16H,2,4H2,1H3,(H,13,17,18)/t6-,7-,8+,10-/m1/s1. The van der Waals surface area contributed by atoms with Crippen LogP contribution in [0, 0.1) is 12.8 Å². The number of aliphatic hydroxyl groups excluding tert-OH is 2. The highest BCUT2D eigenvalue weighted by Gasteiger charge is 2.44. The quantitative estimate of drug-likeness (QED) is 0.634. The molecule has 0 bridgehead atoms. The molecule has 1 saturated heterocycles. The smallest absolute Gasteiger partial charge is 0.330 e. The zero-order chi connectivity index (χ0) is 14.2. The molecule has 1 aliphatic rings. The highest BCUT2D eigenvalue weighted by atomic mass is 19.1. The number of aliphatic hydroxyl groups is 2. The number of hydrogen-bond acceptors (Lipinski definition) is 5. The second-order valence-electron chi connectivity index (χ2n) is 4.54. The van der Waals surface area contributed by atoms with Crippen molar-refractivity contribution in [1.29, 1.82) is 0 Å². The normalized spacial score (nSPS) is 30.7. The predicted octanol–water partition coefficient (Wildman–Crippen LogP) is -1.32. The predicted molar refractivity (Wildman–Crippen MR) is 62.5 cm³/mol. The van der Waals surface area contributed by atoms with Crippen molar-refractivity contribution in [3.63, 3.8) is 0 Å². The van der Waals surface area contributed by atoms with Crippen molar-refractivity contribution < 1.29 is 19.3 Å². The summed E-state index contributed by atoms with van der Waals surface area (Å²) in [5.41, 5.74) is -1.01. The molecule has 1 aromatic heterocycles. The van der Waals surface area contributed by atoms with Crippen LogP contribution in [0.4, 0.5) is 4.39 Å². The second-order valence-corrected chi connectivity index (χ2v) is 4.54. The monoisotopic (exact) mass is 274 g/mol. The highest BCUT2D eigenvalue weighted by Crippen LogP contribution is 2.34. The minimum absolute atomic E-state index is 0.266. The SMILES string of the molecule is Cc1cn([C@@H]2O[C@H](CO)[C@@H](O)[C@H]2CF)c(=O)[nH]c1=O. The van der Waals surface area contributed by atoms with Gasteiger partial charge < -0.3 is 14.9 Å². The Kier molecular flexibility index (Phi) is 3.83. The van der Waals surface area contributed by atoms with Crippen LogP contribution in [0.2, 0.25) is 0 Å². The van der Waals surface area contributed by atoms with E-state index in [4.69, 9.17) is 9.84 Å². The maximum atomic E-state index is 13.0. The third kappa shape index (κ3) is 2.34. The average Bonchev–Trinajstić information content (AvgIpc) is 2.70. The topological polar surface area (TPSA) is 105 Å². The van der Waals surface area contributed by atoms with Gasteiger partial charge in [-0.2, -0.15) is 0 Å². The van der Waals surface area contributed by atoms with Gasteiger partial charge in [0.2, 0.25) is 0 Å². The van der Waals surface area contributed by atoms with Gasteiger partial charge in [-0.05, 0) is 6.92 Å². The molecule has 0 unspecified atom stereocenters. The van der Waals surface area contributed by atoms with E-state index in [0.717, 1.165) is 4.57 Å². The van der Waals surface area contributed by atoms with Crippen molar-refractivity contribution in [2.75, 3.05) is 13.3 Å². The lowest BCUT2D eigenvalue weighted by Crippen LogP contribution is -2.36. The van der Waals surface area contributed by atoms with Gasteiger partial charge in [0.1, 0.15) is 12.3 Å². The summed E-state index contributed by atoms with van der Waals surface area (Å²) < 4.78 is 19.3. The van der Waals surface area contributed by atoms with E-state index in [1.165, 1.54) is 13.1 Å². The zero-order valence-electron chi connectivity index (χ0n) is 10.2.